The van der Waals surface area contributed by atoms with E-state index in [1.54, 1.807) is 6.07 Å². The maximum atomic E-state index is 12.8. The summed E-state index contributed by atoms with van der Waals surface area (Å²) in [6, 6.07) is 7.27. The maximum Gasteiger partial charge on any atom is 0.341 e. The molecule has 8 nitrogen and oxygen atoms in total. The highest BCUT2D eigenvalue weighted by Crippen LogP contribution is 2.20. The van der Waals surface area contributed by atoms with Crippen LogP contribution in [0, 0.1) is 0 Å². The van der Waals surface area contributed by atoms with Gasteiger partial charge in [-0.2, -0.15) is 0 Å². The predicted molar refractivity (Wildman–Crippen MR) is 101 cm³/mol. The fourth-order valence-electron chi connectivity index (χ4n) is 3.52. The predicted octanol–water partition coefficient (Wildman–Crippen LogP) is -0.302. The molecule has 1 atom stereocenters. The molecule has 0 aromatic heterocycles. The zero-order chi connectivity index (χ0) is 19.2. The van der Waals surface area contributed by atoms with Crippen molar-refractivity contribution in [2.45, 2.75) is 12.6 Å². The molecule has 2 fully saturated rings. The molecule has 2 N–H and O–H groups in total. The van der Waals surface area contributed by atoms with Crippen LogP contribution in [0.3, 0.4) is 0 Å². The zero-order valence-corrected chi connectivity index (χ0v) is 15.8. The van der Waals surface area contributed by atoms with Crippen molar-refractivity contribution in [3.05, 3.63) is 29.8 Å². The number of aliphatic carboxylic acids is 1. The molecule has 0 radical (unpaired) electrons. The molecular formula is C19H28N4O4. The van der Waals surface area contributed by atoms with Crippen molar-refractivity contribution in [3.8, 4) is 5.75 Å². The number of carboxylic acids is 1. The maximum absolute atomic E-state index is 12.8. The molecule has 1 aromatic rings. The fourth-order valence-corrected chi connectivity index (χ4v) is 3.52. The summed E-state index contributed by atoms with van der Waals surface area (Å²) in [5, 5.41) is 12.2. The van der Waals surface area contributed by atoms with Crippen molar-refractivity contribution in [1.29, 1.82) is 0 Å². The summed E-state index contributed by atoms with van der Waals surface area (Å²) in [6.07, 6.45) is 0. The standard InChI is InChI=1S/C19H28N4O4/c1-21-8-10-23(11-9-21)19(26)16-13-22(7-6-20-16)12-15-4-2-3-5-17(15)27-14-18(24)25/h2-5,16,20H,6-14H2,1H3,(H,24,25)/t16-/m0/s1. The van der Waals surface area contributed by atoms with Crippen LogP contribution in [0.2, 0.25) is 0 Å². The number of nitrogens with one attached hydrogen (secondary N) is 1. The first kappa shape index (κ1) is 19.6. The first-order chi connectivity index (χ1) is 13.0. The summed E-state index contributed by atoms with van der Waals surface area (Å²) < 4.78 is 5.40. The van der Waals surface area contributed by atoms with Crippen LogP contribution in [0.1, 0.15) is 5.56 Å². The van der Waals surface area contributed by atoms with Crippen LogP contribution >= 0.6 is 0 Å². The van der Waals surface area contributed by atoms with Crippen LogP contribution in [0.25, 0.3) is 0 Å². The molecule has 1 amide bonds. The van der Waals surface area contributed by atoms with Gasteiger partial charge in [0.2, 0.25) is 5.91 Å². The Morgan fingerprint density at radius 2 is 1.93 bits per heavy atom. The highest BCUT2D eigenvalue weighted by atomic mass is 16.5. The average molecular weight is 376 g/mol. The summed E-state index contributed by atoms with van der Waals surface area (Å²) in [5.74, 6) is -0.242. The van der Waals surface area contributed by atoms with E-state index in [4.69, 9.17) is 9.84 Å². The van der Waals surface area contributed by atoms with Gasteiger partial charge in [0.05, 0.1) is 6.04 Å². The van der Waals surface area contributed by atoms with E-state index < -0.39 is 5.97 Å². The largest absolute Gasteiger partial charge is 0.482 e. The van der Waals surface area contributed by atoms with E-state index in [9.17, 15) is 9.59 Å². The van der Waals surface area contributed by atoms with Gasteiger partial charge < -0.3 is 25.0 Å². The van der Waals surface area contributed by atoms with E-state index in [0.29, 0.717) is 18.8 Å². The van der Waals surface area contributed by atoms with Gasteiger partial charge in [-0.05, 0) is 13.1 Å². The topological polar surface area (TPSA) is 85.3 Å². The average Bonchev–Trinajstić information content (AvgIpc) is 2.67. The summed E-state index contributed by atoms with van der Waals surface area (Å²) in [6.45, 7) is 5.87. The number of likely N-dealkylation sites (N-methyl/N-ethyl adjacent to an activating group) is 1. The van der Waals surface area contributed by atoms with E-state index in [1.807, 2.05) is 23.1 Å². The van der Waals surface area contributed by atoms with Crippen LogP contribution in [-0.4, -0.2) is 97.2 Å². The monoisotopic (exact) mass is 376 g/mol. The number of benzene rings is 1. The molecule has 2 heterocycles. The van der Waals surface area contributed by atoms with Gasteiger partial charge in [0.25, 0.3) is 0 Å². The minimum Gasteiger partial charge on any atom is -0.482 e. The summed E-state index contributed by atoms with van der Waals surface area (Å²) in [5.41, 5.74) is 0.937. The number of ether oxygens (including phenoxy) is 1. The first-order valence-corrected chi connectivity index (χ1v) is 9.38. The third kappa shape index (κ3) is 5.41. The Hall–Kier alpha value is -2.16. The lowest BCUT2D eigenvalue weighted by Gasteiger charge is -2.38. The lowest BCUT2D eigenvalue weighted by atomic mass is 10.1. The van der Waals surface area contributed by atoms with E-state index in [1.165, 1.54) is 0 Å². The van der Waals surface area contributed by atoms with E-state index in [2.05, 4.69) is 22.2 Å². The lowest BCUT2D eigenvalue weighted by Crippen LogP contribution is -2.59. The van der Waals surface area contributed by atoms with E-state index >= 15 is 0 Å². The molecule has 1 aromatic carbocycles. The molecule has 0 aliphatic carbocycles. The number of carbonyl (C=O) groups is 2. The van der Waals surface area contributed by atoms with Gasteiger partial charge in [-0.25, -0.2) is 4.79 Å². The van der Waals surface area contributed by atoms with Gasteiger partial charge in [0.1, 0.15) is 5.75 Å². The Morgan fingerprint density at radius 3 is 2.67 bits per heavy atom. The minimum absolute atomic E-state index is 0.170. The number of hydrogen-bond donors (Lipinski definition) is 2. The van der Waals surface area contributed by atoms with E-state index in [-0.39, 0.29) is 18.6 Å². The Labute approximate surface area is 159 Å². The number of para-hydroxylation sites is 1. The Morgan fingerprint density at radius 1 is 1.19 bits per heavy atom. The van der Waals surface area contributed by atoms with Crippen LogP contribution in [0.5, 0.6) is 5.75 Å². The fraction of sp³-hybridized carbons (Fsp3) is 0.579. The molecule has 3 rings (SSSR count). The molecule has 2 aliphatic heterocycles. The van der Waals surface area contributed by atoms with Crippen LogP contribution in [0.15, 0.2) is 24.3 Å². The molecule has 0 unspecified atom stereocenters. The quantitative estimate of drug-likeness (QED) is 0.705. The second-order valence-corrected chi connectivity index (χ2v) is 7.16. The smallest absolute Gasteiger partial charge is 0.341 e. The first-order valence-electron chi connectivity index (χ1n) is 9.38. The molecule has 148 valence electrons. The van der Waals surface area contributed by atoms with Crippen LogP contribution in [-0.2, 0) is 16.1 Å². The Balaban J connectivity index is 1.58. The van der Waals surface area contributed by atoms with Crippen molar-refractivity contribution < 1.29 is 19.4 Å². The zero-order valence-electron chi connectivity index (χ0n) is 15.8. The summed E-state index contributed by atoms with van der Waals surface area (Å²) >= 11 is 0. The van der Waals surface area contributed by atoms with Crippen LogP contribution < -0.4 is 10.1 Å². The summed E-state index contributed by atoms with van der Waals surface area (Å²) in [7, 11) is 2.08. The van der Waals surface area contributed by atoms with Crippen molar-refractivity contribution in [2.24, 2.45) is 0 Å². The normalized spacial score (nSPS) is 21.8. The highest BCUT2D eigenvalue weighted by Gasteiger charge is 2.30. The molecule has 0 spiro atoms. The van der Waals surface area contributed by atoms with Gasteiger partial charge in [0, 0.05) is 57.9 Å². The van der Waals surface area contributed by atoms with Gasteiger partial charge in [-0.15, -0.1) is 0 Å². The van der Waals surface area contributed by atoms with Gasteiger partial charge in [-0.1, -0.05) is 18.2 Å². The van der Waals surface area contributed by atoms with Crippen molar-refractivity contribution in [1.82, 2.24) is 20.0 Å². The third-order valence-corrected chi connectivity index (χ3v) is 5.09. The second-order valence-electron chi connectivity index (χ2n) is 7.16. The Kier molecular flexibility index (Phi) is 6.65. The molecular weight excluding hydrogens is 348 g/mol. The molecule has 27 heavy (non-hydrogen) atoms. The number of nitrogens with zero attached hydrogens (tertiary/aromatic N) is 3. The number of hydrogen-bond acceptors (Lipinski definition) is 6. The van der Waals surface area contributed by atoms with Crippen LogP contribution in [0.4, 0.5) is 0 Å². The molecule has 0 bridgehead atoms. The van der Waals surface area contributed by atoms with E-state index in [0.717, 1.165) is 44.8 Å². The highest BCUT2D eigenvalue weighted by molar-refractivity contribution is 5.82. The van der Waals surface area contributed by atoms with Gasteiger partial charge in [0.15, 0.2) is 6.61 Å². The third-order valence-electron chi connectivity index (χ3n) is 5.09. The lowest BCUT2D eigenvalue weighted by molar-refractivity contribution is -0.139. The molecule has 8 heteroatoms. The summed E-state index contributed by atoms with van der Waals surface area (Å²) in [4.78, 5) is 30.0. The number of carboxylic acid groups (broad SMARTS) is 1. The molecule has 0 saturated carbocycles. The van der Waals surface area contributed by atoms with Gasteiger partial charge in [-0.3, -0.25) is 9.69 Å². The molecule has 2 saturated heterocycles. The van der Waals surface area contributed by atoms with Crippen molar-refractivity contribution in [2.75, 3.05) is 59.5 Å². The Bertz CT molecular complexity index is 661. The number of amides is 1. The van der Waals surface area contributed by atoms with Crippen molar-refractivity contribution >= 4 is 11.9 Å². The second kappa shape index (κ2) is 9.16. The number of carbonyl (C=O) groups excluding carboxylic acids is 1. The van der Waals surface area contributed by atoms with Crippen molar-refractivity contribution in [3.63, 3.8) is 0 Å². The SMILES string of the molecule is CN1CCN(C(=O)[C@@H]2CN(Cc3ccccc3OCC(=O)O)CCN2)CC1. The van der Waals surface area contributed by atoms with Gasteiger partial charge >= 0.3 is 5.97 Å². The number of piperazine rings is 2. The number of rotatable bonds is 6. The minimum atomic E-state index is -0.996. The molecule has 2 aliphatic rings.